The molecular weight excluding hydrogens is 374 g/mol. The van der Waals surface area contributed by atoms with Gasteiger partial charge < -0.3 is 4.74 Å². The van der Waals surface area contributed by atoms with Crippen LogP contribution in [0.2, 0.25) is 0 Å². The zero-order valence-electron chi connectivity index (χ0n) is 13.8. The van der Waals surface area contributed by atoms with Crippen LogP contribution in [0.5, 0.6) is 0 Å². The average molecular weight is 399 g/mol. The van der Waals surface area contributed by atoms with Crippen LogP contribution in [0.4, 0.5) is 0 Å². The van der Waals surface area contributed by atoms with Crippen molar-refractivity contribution in [3.05, 3.63) is 11.6 Å². The van der Waals surface area contributed by atoms with Gasteiger partial charge in [0.1, 0.15) is 17.3 Å². The predicted molar refractivity (Wildman–Crippen MR) is 91.2 cm³/mol. The molecule has 1 aromatic rings. The molecule has 11 heteroatoms. The Kier molecular flexibility index (Phi) is 5.75. The van der Waals surface area contributed by atoms with Gasteiger partial charge in [-0.2, -0.15) is 14.3 Å². The number of thiophene rings is 1. The molecule has 0 aromatic carbocycles. The van der Waals surface area contributed by atoms with Crippen molar-refractivity contribution >= 4 is 31.4 Å². The molecule has 2 rings (SSSR count). The molecule has 8 nitrogen and oxygen atoms in total. The largest absolute Gasteiger partial charge is 0.384 e. The molecule has 0 amide bonds. The Bertz CT molecular complexity index is 803. The highest BCUT2D eigenvalue weighted by atomic mass is 32.3. The van der Waals surface area contributed by atoms with Gasteiger partial charge >= 0.3 is 10.0 Å². The molecule has 0 fully saturated rings. The third kappa shape index (κ3) is 3.52. The number of primary sulfonamides is 1. The topological polar surface area (TPSA) is 130 Å². The summed E-state index contributed by atoms with van der Waals surface area (Å²) < 4.78 is 53.5. The highest BCUT2D eigenvalue weighted by molar-refractivity contribution is 7.92. The molecule has 0 spiro atoms. The number of methoxy groups -OCH3 is 1. The summed E-state index contributed by atoms with van der Waals surface area (Å²) in [6, 6.07) is 1.39. The van der Waals surface area contributed by atoms with Crippen LogP contribution < -0.4 is 11.0 Å². The molecule has 2 unspecified atom stereocenters. The highest BCUT2D eigenvalue weighted by Gasteiger charge is 2.50. The van der Waals surface area contributed by atoms with Gasteiger partial charge in [0.05, 0.1) is 6.61 Å². The number of fused-ring (bicyclic) bond motifs is 1. The summed E-state index contributed by atoms with van der Waals surface area (Å²) in [6.45, 7) is 2.82. The second kappa shape index (κ2) is 6.98. The average Bonchev–Trinajstić information content (AvgIpc) is 2.92. The third-order valence-corrected chi connectivity index (χ3v) is 9.43. The minimum Gasteiger partial charge on any atom is -0.384 e. The van der Waals surface area contributed by atoms with Gasteiger partial charge in [-0.1, -0.05) is 13.3 Å². The number of quaternary nitrogens is 1. The van der Waals surface area contributed by atoms with Crippen LogP contribution >= 0.6 is 11.3 Å². The van der Waals surface area contributed by atoms with Crippen LogP contribution in [0.25, 0.3) is 0 Å². The fourth-order valence-electron chi connectivity index (χ4n) is 3.01. The molecule has 24 heavy (non-hydrogen) atoms. The van der Waals surface area contributed by atoms with Gasteiger partial charge in [0.15, 0.2) is 4.21 Å². The highest BCUT2D eigenvalue weighted by Crippen LogP contribution is 2.44. The molecule has 138 valence electrons. The second-order valence-electron chi connectivity index (χ2n) is 6.02. The molecule has 1 aromatic heterocycles. The van der Waals surface area contributed by atoms with Crippen molar-refractivity contribution in [2.45, 2.75) is 40.5 Å². The standard InChI is InChI=1S/C13H24N3O5S3/c1-3-5-10-9-16(14,6-4-7-21-2)24(19,20)13-11(10)8-12(22-13)23(15,17)18/h8,10H,3-7,9,14H2,1-2H3,(H2,15,17,18)/q+1. The molecule has 0 radical (unpaired) electrons. The lowest BCUT2D eigenvalue weighted by molar-refractivity contribution is -0.822. The van der Waals surface area contributed by atoms with E-state index in [9.17, 15) is 16.8 Å². The van der Waals surface area contributed by atoms with Crippen LogP contribution in [0.3, 0.4) is 0 Å². The molecule has 2 heterocycles. The van der Waals surface area contributed by atoms with E-state index in [4.69, 9.17) is 15.7 Å². The maximum Gasteiger partial charge on any atom is 0.354 e. The van der Waals surface area contributed by atoms with E-state index in [0.717, 1.165) is 12.8 Å². The SMILES string of the molecule is CCCC1C[N+](N)(CCCOC)S(=O)(=O)c2sc(S(N)(=O)=O)cc21. The summed E-state index contributed by atoms with van der Waals surface area (Å²) in [5, 5.41) is 5.18. The first kappa shape index (κ1) is 19.8. The normalized spacial score (nSPS) is 26.2. The van der Waals surface area contributed by atoms with Crippen LogP contribution in [0.1, 0.15) is 37.7 Å². The number of sulfonamides is 2. The van der Waals surface area contributed by atoms with Gasteiger partial charge in [-0.05, 0) is 18.1 Å². The van der Waals surface area contributed by atoms with E-state index in [0.29, 0.717) is 29.9 Å². The number of hydrogen-bond acceptors (Lipinski definition) is 7. The summed E-state index contributed by atoms with van der Waals surface area (Å²) in [7, 11) is -6.31. The third-order valence-electron chi connectivity index (χ3n) is 4.19. The lowest BCUT2D eigenvalue weighted by Gasteiger charge is -2.37. The number of rotatable bonds is 7. The van der Waals surface area contributed by atoms with Crippen molar-refractivity contribution in [2.24, 2.45) is 11.0 Å². The number of nitrogens with zero attached hydrogens (tertiary/aromatic N) is 1. The second-order valence-corrected chi connectivity index (χ2v) is 11.2. The van der Waals surface area contributed by atoms with Crippen LogP contribution in [-0.2, 0) is 24.8 Å². The van der Waals surface area contributed by atoms with E-state index >= 15 is 0 Å². The smallest absolute Gasteiger partial charge is 0.354 e. The molecule has 1 aliphatic heterocycles. The summed E-state index contributed by atoms with van der Waals surface area (Å²) in [5.74, 6) is 6.13. The first-order chi connectivity index (χ1) is 11.1. The van der Waals surface area contributed by atoms with E-state index in [-0.39, 0.29) is 27.4 Å². The van der Waals surface area contributed by atoms with Crippen LogP contribution in [0, 0.1) is 0 Å². The Morgan fingerprint density at radius 2 is 2.12 bits per heavy atom. The van der Waals surface area contributed by atoms with Crippen molar-refractivity contribution in [2.75, 3.05) is 26.8 Å². The summed E-state index contributed by atoms with van der Waals surface area (Å²) in [4.78, 5) is 0. The summed E-state index contributed by atoms with van der Waals surface area (Å²) in [6.07, 6.45) is 2.06. The van der Waals surface area contributed by atoms with Crippen molar-refractivity contribution in [3.63, 3.8) is 0 Å². The molecule has 0 aliphatic carbocycles. The maximum absolute atomic E-state index is 13.0. The number of hydrogen-bond donors (Lipinski definition) is 2. The minimum absolute atomic E-state index is 0.0242. The number of nitrogens with two attached hydrogens (primary N) is 2. The molecule has 0 saturated carbocycles. The minimum atomic E-state index is -3.96. The molecule has 0 bridgehead atoms. The molecule has 1 aliphatic rings. The molecule has 2 atom stereocenters. The van der Waals surface area contributed by atoms with Crippen molar-refractivity contribution < 1.29 is 25.6 Å². The molecule has 0 saturated heterocycles. The van der Waals surface area contributed by atoms with Gasteiger partial charge in [-0.25, -0.2) is 13.6 Å². The van der Waals surface area contributed by atoms with Gasteiger partial charge in [0, 0.05) is 19.4 Å². The van der Waals surface area contributed by atoms with Gasteiger partial charge in [0.2, 0.25) is 10.0 Å². The number of ether oxygens (including phenoxy) is 1. The van der Waals surface area contributed by atoms with E-state index in [1.165, 1.54) is 6.07 Å². The Labute approximate surface area is 147 Å². The van der Waals surface area contributed by atoms with E-state index < -0.39 is 24.0 Å². The molecule has 4 N–H and O–H groups in total. The van der Waals surface area contributed by atoms with Crippen LogP contribution in [-0.4, -0.2) is 47.6 Å². The Hall–Kier alpha value is -0.560. The quantitative estimate of drug-likeness (QED) is 0.395. The summed E-state index contributed by atoms with van der Waals surface area (Å²) >= 11 is 0.693. The fourth-order valence-corrected chi connectivity index (χ4v) is 7.62. The van der Waals surface area contributed by atoms with Crippen molar-refractivity contribution in [1.29, 1.82) is 0 Å². The van der Waals surface area contributed by atoms with Crippen molar-refractivity contribution in [1.82, 2.24) is 0 Å². The lowest BCUT2D eigenvalue weighted by atomic mass is 9.96. The van der Waals surface area contributed by atoms with Crippen molar-refractivity contribution in [3.8, 4) is 0 Å². The van der Waals surface area contributed by atoms with Gasteiger partial charge in [-0.15, -0.1) is 15.3 Å². The Morgan fingerprint density at radius 1 is 1.46 bits per heavy atom. The van der Waals surface area contributed by atoms with Gasteiger partial charge in [0.25, 0.3) is 0 Å². The fraction of sp³-hybridized carbons (Fsp3) is 0.692. The summed E-state index contributed by atoms with van der Waals surface area (Å²) in [5.41, 5.74) is 0.525. The van der Waals surface area contributed by atoms with Crippen LogP contribution in [0.15, 0.2) is 14.5 Å². The molecular formula is C13H24N3O5S3+. The predicted octanol–water partition coefficient (Wildman–Crippen LogP) is 0.709. The Morgan fingerprint density at radius 3 is 2.67 bits per heavy atom. The van der Waals surface area contributed by atoms with E-state index in [2.05, 4.69) is 0 Å². The van der Waals surface area contributed by atoms with Gasteiger partial charge in [-0.3, -0.25) is 0 Å². The zero-order chi connectivity index (χ0) is 18.2. The first-order valence-electron chi connectivity index (χ1n) is 7.63. The first-order valence-corrected chi connectivity index (χ1v) is 11.4. The monoisotopic (exact) mass is 398 g/mol. The van der Waals surface area contributed by atoms with E-state index in [1.807, 2.05) is 6.92 Å². The lowest BCUT2D eigenvalue weighted by Crippen LogP contribution is -2.62. The maximum atomic E-state index is 13.0. The Balaban J connectivity index is 2.55. The zero-order valence-corrected chi connectivity index (χ0v) is 16.2. The van der Waals surface area contributed by atoms with E-state index in [1.54, 1.807) is 7.11 Å².